The molecule has 4 nitrogen and oxygen atoms in total. The lowest BCUT2D eigenvalue weighted by Gasteiger charge is -2.13. The summed E-state index contributed by atoms with van der Waals surface area (Å²) in [6.45, 7) is 1.85. The largest absolute Gasteiger partial charge is 0.362 e. The molecule has 1 aromatic heterocycles. The third-order valence-corrected chi connectivity index (χ3v) is 2.99. The Balaban J connectivity index is 2.34. The zero-order valence-electron chi connectivity index (χ0n) is 10.1. The van der Waals surface area contributed by atoms with Crippen molar-refractivity contribution in [3.05, 3.63) is 53.1 Å². The van der Waals surface area contributed by atoms with Crippen molar-refractivity contribution in [2.45, 2.75) is 13.2 Å². The van der Waals surface area contributed by atoms with Crippen LogP contribution < -0.4 is 0 Å². The van der Waals surface area contributed by atoms with Crippen LogP contribution in [0.2, 0.25) is 5.02 Å². The summed E-state index contributed by atoms with van der Waals surface area (Å²) < 4.78 is 6.88. The third kappa shape index (κ3) is 2.44. The molecule has 1 unspecified atom stereocenters. The van der Waals surface area contributed by atoms with Crippen LogP contribution in [0.5, 0.6) is 0 Å². The number of hydrogen-bond acceptors (Lipinski definition) is 3. The van der Waals surface area contributed by atoms with Gasteiger partial charge in [0.25, 0.3) is 0 Å². The molecule has 0 radical (unpaired) electrons. The lowest BCUT2D eigenvalue weighted by Crippen LogP contribution is -2.14. The fraction of sp³-hybridized carbons (Fsp3) is 0.231. The van der Waals surface area contributed by atoms with Gasteiger partial charge in [0, 0.05) is 17.7 Å². The Morgan fingerprint density at radius 2 is 2.06 bits per heavy atom. The number of hydrogen-bond donors (Lipinski definition) is 0. The molecule has 0 amide bonds. The second kappa shape index (κ2) is 5.33. The van der Waals surface area contributed by atoms with Gasteiger partial charge < -0.3 is 9.30 Å². The average molecular weight is 265 g/mol. The van der Waals surface area contributed by atoms with Crippen molar-refractivity contribution in [3.63, 3.8) is 0 Å². The van der Waals surface area contributed by atoms with Gasteiger partial charge in [-0.1, -0.05) is 11.6 Å². The van der Waals surface area contributed by atoms with Gasteiger partial charge >= 0.3 is 0 Å². The van der Waals surface area contributed by atoms with E-state index in [2.05, 4.69) is 4.98 Å². The summed E-state index contributed by atoms with van der Waals surface area (Å²) in [5.41, 5.74) is 1.07. The molecule has 0 saturated carbocycles. The maximum Gasteiger partial charge on any atom is 0.211 e. The molecule has 2 rings (SSSR count). The molecule has 1 atom stereocenters. The Kier molecular flexibility index (Phi) is 3.79. The van der Waals surface area contributed by atoms with Crippen LogP contribution in [0.15, 0.2) is 36.8 Å². The molecular formula is C13H13ClN2O2. The molecule has 2 aromatic rings. The zero-order chi connectivity index (χ0) is 13.1. The van der Waals surface area contributed by atoms with Crippen molar-refractivity contribution in [2.24, 2.45) is 0 Å². The lowest BCUT2D eigenvalue weighted by atomic mass is 10.1. The zero-order valence-corrected chi connectivity index (χ0v) is 10.9. The maximum absolute atomic E-state index is 12.3. The highest BCUT2D eigenvalue weighted by Gasteiger charge is 2.16. The Hall–Kier alpha value is -1.65. The van der Waals surface area contributed by atoms with Gasteiger partial charge in [-0.15, -0.1) is 0 Å². The van der Waals surface area contributed by atoms with Gasteiger partial charge in [0.05, 0.1) is 12.5 Å². The fourth-order valence-electron chi connectivity index (χ4n) is 1.63. The molecule has 0 aliphatic carbocycles. The summed E-state index contributed by atoms with van der Waals surface area (Å²) in [5.74, 6) is -0.104. The quantitative estimate of drug-likeness (QED) is 0.798. The molecule has 18 heavy (non-hydrogen) atoms. The second-order valence-electron chi connectivity index (χ2n) is 3.86. The number of rotatable bonds is 4. The van der Waals surface area contributed by atoms with Crippen LogP contribution in [0.4, 0.5) is 0 Å². The van der Waals surface area contributed by atoms with E-state index in [-0.39, 0.29) is 12.0 Å². The minimum atomic E-state index is -0.237. The third-order valence-electron chi connectivity index (χ3n) is 2.74. The standard InChI is InChI=1S/C13H13ClN2O2/c1-9(18-2)16-8-15-7-12(16)13(17)10-3-5-11(14)6-4-10/h3-9H,1-2H3. The molecule has 94 valence electrons. The predicted molar refractivity (Wildman–Crippen MR) is 68.8 cm³/mol. The van der Waals surface area contributed by atoms with E-state index in [1.54, 1.807) is 42.3 Å². The van der Waals surface area contributed by atoms with Gasteiger partial charge in [-0.05, 0) is 31.2 Å². The average Bonchev–Trinajstić information content (AvgIpc) is 2.87. The highest BCUT2D eigenvalue weighted by Crippen LogP contribution is 2.16. The number of methoxy groups -OCH3 is 1. The first-order valence-corrected chi connectivity index (χ1v) is 5.86. The van der Waals surface area contributed by atoms with Crippen LogP contribution >= 0.6 is 11.6 Å². The molecule has 0 saturated heterocycles. The summed E-state index contributed by atoms with van der Waals surface area (Å²) in [6, 6.07) is 6.77. The SMILES string of the molecule is COC(C)n1cncc1C(=O)c1ccc(Cl)cc1. The number of nitrogens with zero attached hydrogens (tertiary/aromatic N) is 2. The van der Waals surface area contributed by atoms with E-state index in [4.69, 9.17) is 16.3 Å². The number of benzene rings is 1. The smallest absolute Gasteiger partial charge is 0.211 e. The van der Waals surface area contributed by atoms with Crippen LogP contribution in [0.1, 0.15) is 29.2 Å². The van der Waals surface area contributed by atoms with Crippen molar-refractivity contribution < 1.29 is 9.53 Å². The topological polar surface area (TPSA) is 44.1 Å². The first kappa shape index (κ1) is 12.8. The number of halogens is 1. The van der Waals surface area contributed by atoms with Crippen LogP contribution in [-0.4, -0.2) is 22.4 Å². The Labute approximate surface area is 110 Å². The van der Waals surface area contributed by atoms with E-state index in [0.717, 1.165) is 0 Å². The lowest BCUT2D eigenvalue weighted by molar-refractivity contribution is 0.0572. The molecule has 0 spiro atoms. The van der Waals surface area contributed by atoms with E-state index in [0.29, 0.717) is 16.3 Å². The minimum Gasteiger partial charge on any atom is -0.362 e. The molecular weight excluding hydrogens is 252 g/mol. The van der Waals surface area contributed by atoms with E-state index < -0.39 is 0 Å². The van der Waals surface area contributed by atoms with E-state index in [1.807, 2.05) is 6.92 Å². The Morgan fingerprint density at radius 1 is 1.39 bits per heavy atom. The molecule has 5 heteroatoms. The van der Waals surface area contributed by atoms with Crippen LogP contribution in [0.25, 0.3) is 0 Å². The normalized spacial score (nSPS) is 12.4. The van der Waals surface area contributed by atoms with E-state index in [9.17, 15) is 4.79 Å². The number of imidazole rings is 1. The molecule has 1 heterocycles. The van der Waals surface area contributed by atoms with Gasteiger partial charge in [-0.3, -0.25) is 4.79 Å². The highest BCUT2D eigenvalue weighted by molar-refractivity contribution is 6.30. The first-order chi connectivity index (χ1) is 8.63. The summed E-state index contributed by atoms with van der Waals surface area (Å²) in [4.78, 5) is 16.3. The van der Waals surface area contributed by atoms with Gasteiger partial charge in [-0.25, -0.2) is 4.98 Å². The Bertz CT molecular complexity index is 548. The van der Waals surface area contributed by atoms with Crippen LogP contribution in [-0.2, 0) is 4.74 Å². The van der Waals surface area contributed by atoms with Gasteiger partial charge in [0.2, 0.25) is 5.78 Å². The van der Waals surface area contributed by atoms with Gasteiger partial charge in [-0.2, -0.15) is 0 Å². The summed E-state index contributed by atoms with van der Waals surface area (Å²) in [6.07, 6.45) is 2.88. The molecule has 0 aliphatic heterocycles. The van der Waals surface area contributed by atoms with Gasteiger partial charge in [0.15, 0.2) is 0 Å². The number of ketones is 1. The van der Waals surface area contributed by atoms with Crippen molar-refractivity contribution in [3.8, 4) is 0 Å². The number of carbonyl (C=O) groups is 1. The summed E-state index contributed by atoms with van der Waals surface area (Å²) in [7, 11) is 1.58. The van der Waals surface area contributed by atoms with Crippen molar-refractivity contribution in [1.82, 2.24) is 9.55 Å². The number of ether oxygens (including phenoxy) is 1. The van der Waals surface area contributed by atoms with Gasteiger partial charge in [0.1, 0.15) is 11.9 Å². The molecule has 0 bridgehead atoms. The molecule has 0 fully saturated rings. The van der Waals surface area contributed by atoms with Crippen LogP contribution in [0, 0.1) is 0 Å². The predicted octanol–water partition coefficient (Wildman–Crippen LogP) is 2.93. The monoisotopic (exact) mass is 264 g/mol. The van der Waals surface area contributed by atoms with Crippen molar-refractivity contribution in [2.75, 3.05) is 7.11 Å². The number of carbonyl (C=O) groups excluding carboxylic acids is 1. The second-order valence-corrected chi connectivity index (χ2v) is 4.29. The first-order valence-electron chi connectivity index (χ1n) is 5.48. The maximum atomic E-state index is 12.3. The van der Waals surface area contributed by atoms with E-state index >= 15 is 0 Å². The highest BCUT2D eigenvalue weighted by atomic mass is 35.5. The molecule has 1 aromatic carbocycles. The van der Waals surface area contributed by atoms with Crippen molar-refractivity contribution in [1.29, 1.82) is 0 Å². The van der Waals surface area contributed by atoms with Crippen LogP contribution in [0.3, 0.4) is 0 Å². The summed E-state index contributed by atoms with van der Waals surface area (Å²) >= 11 is 5.80. The van der Waals surface area contributed by atoms with E-state index in [1.165, 1.54) is 6.20 Å². The fourth-order valence-corrected chi connectivity index (χ4v) is 1.76. The number of aromatic nitrogens is 2. The minimum absolute atomic E-state index is 0.104. The van der Waals surface area contributed by atoms with Crippen molar-refractivity contribution >= 4 is 17.4 Å². The molecule has 0 aliphatic rings. The Morgan fingerprint density at radius 3 is 2.67 bits per heavy atom. The summed E-state index contributed by atoms with van der Waals surface area (Å²) in [5, 5.41) is 0.602. The molecule has 0 N–H and O–H groups in total.